The number of allylic oxidation sites excluding steroid dienone is 6. The number of nitriles is 2. The summed E-state index contributed by atoms with van der Waals surface area (Å²) in [7, 11) is 0. The Morgan fingerprint density at radius 2 is 1.58 bits per heavy atom. The molecule has 56 valence electrons. The van der Waals surface area contributed by atoms with Gasteiger partial charge in [-0.15, -0.1) is 0 Å². The Bertz CT molecular complexity index is 352. The van der Waals surface area contributed by atoms with Crippen LogP contribution in [-0.2, 0) is 4.79 Å². The van der Waals surface area contributed by atoms with Gasteiger partial charge < -0.3 is 0 Å². The van der Waals surface area contributed by atoms with E-state index in [-0.39, 0.29) is 11.4 Å². The molecular weight excluding hydrogens is 152 g/mol. The molecular formula is C9H4N2O. The topological polar surface area (TPSA) is 64.7 Å². The van der Waals surface area contributed by atoms with Crippen LogP contribution in [0.2, 0.25) is 0 Å². The van der Waals surface area contributed by atoms with Crippen LogP contribution in [0.3, 0.4) is 0 Å². The molecule has 0 amide bonds. The monoisotopic (exact) mass is 156 g/mol. The fraction of sp³-hybridized carbons (Fsp3) is 0. The van der Waals surface area contributed by atoms with E-state index in [1.165, 1.54) is 24.3 Å². The molecule has 0 N–H and O–H groups in total. The number of hydrogen-bond acceptors (Lipinski definition) is 3. The van der Waals surface area contributed by atoms with Crippen LogP contribution >= 0.6 is 0 Å². The van der Waals surface area contributed by atoms with Crippen molar-refractivity contribution in [3.8, 4) is 12.1 Å². The SMILES string of the molecule is N#CC(C#N)=C1C=CC(=O)C=C1. The summed E-state index contributed by atoms with van der Waals surface area (Å²) in [6.45, 7) is 0. The first-order valence-electron chi connectivity index (χ1n) is 3.22. The van der Waals surface area contributed by atoms with Crippen molar-refractivity contribution in [2.75, 3.05) is 0 Å². The standard InChI is InChI=1S/C9H4N2O/c10-5-8(6-11)7-1-3-9(12)4-2-7/h1-4H. The molecule has 3 nitrogen and oxygen atoms in total. The first kappa shape index (κ1) is 7.97. The zero-order valence-corrected chi connectivity index (χ0v) is 6.11. The van der Waals surface area contributed by atoms with Crippen LogP contribution in [-0.4, -0.2) is 5.78 Å². The molecule has 0 bridgehead atoms. The minimum Gasteiger partial charge on any atom is -0.290 e. The summed E-state index contributed by atoms with van der Waals surface area (Å²) in [5.41, 5.74) is 0.509. The maximum absolute atomic E-state index is 10.6. The van der Waals surface area contributed by atoms with E-state index in [4.69, 9.17) is 10.5 Å². The van der Waals surface area contributed by atoms with E-state index in [0.717, 1.165) is 0 Å². The molecule has 0 spiro atoms. The summed E-state index contributed by atoms with van der Waals surface area (Å²) in [6, 6.07) is 3.48. The molecule has 3 heteroatoms. The van der Waals surface area contributed by atoms with Gasteiger partial charge in [-0.2, -0.15) is 10.5 Å². The van der Waals surface area contributed by atoms with Crippen molar-refractivity contribution >= 4 is 5.78 Å². The van der Waals surface area contributed by atoms with Crippen LogP contribution in [0.1, 0.15) is 0 Å². The van der Waals surface area contributed by atoms with Gasteiger partial charge in [0.05, 0.1) is 0 Å². The second-order valence-electron chi connectivity index (χ2n) is 2.12. The Labute approximate surface area is 69.5 Å². The van der Waals surface area contributed by atoms with Crippen LogP contribution in [0.15, 0.2) is 35.5 Å². The minimum atomic E-state index is -0.131. The summed E-state index contributed by atoms with van der Waals surface area (Å²) in [4.78, 5) is 10.6. The van der Waals surface area contributed by atoms with Crippen molar-refractivity contribution < 1.29 is 4.79 Å². The molecule has 1 aliphatic rings. The molecule has 0 atom stereocenters. The van der Waals surface area contributed by atoms with E-state index in [0.29, 0.717) is 5.57 Å². The first-order chi connectivity index (χ1) is 5.77. The highest BCUT2D eigenvalue weighted by molar-refractivity contribution is 6.01. The summed E-state index contributed by atoms with van der Waals surface area (Å²) in [5, 5.41) is 16.9. The molecule has 0 aromatic rings. The van der Waals surface area contributed by atoms with Gasteiger partial charge in [-0.1, -0.05) is 0 Å². The lowest BCUT2D eigenvalue weighted by Gasteiger charge is -1.96. The second kappa shape index (κ2) is 3.32. The maximum atomic E-state index is 10.6. The van der Waals surface area contributed by atoms with Gasteiger partial charge in [-0.25, -0.2) is 0 Å². The predicted molar refractivity (Wildman–Crippen MR) is 41.5 cm³/mol. The molecule has 0 unspecified atom stereocenters. The molecule has 0 saturated heterocycles. The number of carbonyl (C=O) groups is 1. The first-order valence-corrected chi connectivity index (χ1v) is 3.22. The molecule has 12 heavy (non-hydrogen) atoms. The fourth-order valence-electron chi connectivity index (χ4n) is 0.776. The quantitative estimate of drug-likeness (QED) is 0.492. The van der Waals surface area contributed by atoms with E-state index in [1.54, 1.807) is 12.1 Å². The van der Waals surface area contributed by atoms with Gasteiger partial charge >= 0.3 is 0 Å². The third-order valence-corrected chi connectivity index (χ3v) is 1.37. The molecule has 0 aliphatic heterocycles. The van der Waals surface area contributed by atoms with Crippen LogP contribution in [0.5, 0.6) is 0 Å². The lowest BCUT2D eigenvalue weighted by molar-refractivity contribution is -0.110. The minimum absolute atomic E-state index is 0.0231. The number of carbonyl (C=O) groups excluding carboxylic acids is 1. The summed E-state index contributed by atoms with van der Waals surface area (Å²) >= 11 is 0. The third kappa shape index (κ3) is 1.47. The normalized spacial score (nSPS) is 13.8. The van der Waals surface area contributed by atoms with Gasteiger partial charge in [-0.3, -0.25) is 4.79 Å². The van der Waals surface area contributed by atoms with E-state index in [1.807, 2.05) is 0 Å². The Kier molecular flexibility index (Phi) is 2.20. The predicted octanol–water partition coefficient (Wildman–Crippen LogP) is 1.03. The van der Waals surface area contributed by atoms with Crippen molar-refractivity contribution in [2.24, 2.45) is 0 Å². The van der Waals surface area contributed by atoms with Crippen LogP contribution < -0.4 is 0 Å². The highest BCUT2D eigenvalue weighted by Crippen LogP contribution is 2.10. The van der Waals surface area contributed by atoms with Gasteiger partial charge in [0.1, 0.15) is 17.7 Å². The van der Waals surface area contributed by atoms with Gasteiger partial charge in [0, 0.05) is 5.57 Å². The zero-order valence-electron chi connectivity index (χ0n) is 6.11. The summed E-state index contributed by atoms with van der Waals surface area (Å²) in [5.74, 6) is -0.131. The highest BCUT2D eigenvalue weighted by atomic mass is 16.1. The van der Waals surface area contributed by atoms with Crippen LogP contribution in [0.4, 0.5) is 0 Å². The number of hydrogen-bond donors (Lipinski definition) is 0. The van der Waals surface area contributed by atoms with Crippen molar-refractivity contribution in [1.29, 1.82) is 10.5 Å². The Morgan fingerprint density at radius 3 is 2.00 bits per heavy atom. The molecule has 0 heterocycles. The molecule has 0 fully saturated rings. The van der Waals surface area contributed by atoms with Crippen molar-refractivity contribution in [3.05, 3.63) is 35.5 Å². The molecule has 0 radical (unpaired) electrons. The van der Waals surface area contributed by atoms with Crippen molar-refractivity contribution in [2.45, 2.75) is 0 Å². The van der Waals surface area contributed by atoms with Gasteiger partial charge in [0.25, 0.3) is 0 Å². The molecule has 0 aromatic heterocycles. The fourth-order valence-corrected chi connectivity index (χ4v) is 0.776. The summed E-state index contributed by atoms with van der Waals surface area (Å²) in [6.07, 6.45) is 5.57. The van der Waals surface area contributed by atoms with Crippen molar-refractivity contribution in [3.63, 3.8) is 0 Å². The maximum Gasteiger partial charge on any atom is 0.178 e. The Balaban J connectivity index is 3.10. The zero-order chi connectivity index (χ0) is 8.97. The van der Waals surface area contributed by atoms with Crippen molar-refractivity contribution in [1.82, 2.24) is 0 Å². The third-order valence-electron chi connectivity index (χ3n) is 1.37. The lowest BCUT2D eigenvalue weighted by atomic mass is 10.0. The number of ketones is 1. The highest BCUT2D eigenvalue weighted by Gasteiger charge is 2.03. The average molecular weight is 156 g/mol. The van der Waals surface area contributed by atoms with E-state index < -0.39 is 0 Å². The molecule has 1 rings (SSSR count). The molecule has 1 aliphatic carbocycles. The average Bonchev–Trinajstić information content (AvgIpc) is 2.10. The van der Waals surface area contributed by atoms with E-state index in [2.05, 4.69) is 0 Å². The van der Waals surface area contributed by atoms with Crippen LogP contribution in [0, 0.1) is 22.7 Å². The van der Waals surface area contributed by atoms with Gasteiger partial charge in [-0.05, 0) is 24.3 Å². The second-order valence-corrected chi connectivity index (χ2v) is 2.12. The van der Waals surface area contributed by atoms with Crippen LogP contribution in [0.25, 0.3) is 0 Å². The lowest BCUT2D eigenvalue weighted by Crippen LogP contribution is -1.93. The number of nitrogens with zero attached hydrogens (tertiary/aromatic N) is 2. The summed E-state index contributed by atoms with van der Waals surface area (Å²) < 4.78 is 0. The molecule has 0 saturated carbocycles. The van der Waals surface area contributed by atoms with E-state index >= 15 is 0 Å². The molecule has 0 aromatic carbocycles. The smallest absolute Gasteiger partial charge is 0.178 e. The van der Waals surface area contributed by atoms with E-state index in [9.17, 15) is 4.79 Å². The van der Waals surface area contributed by atoms with Gasteiger partial charge in [0.2, 0.25) is 0 Å². The Hall–Kier alpha value is -2.13. The number of rotatable bonds is 0. The Morgan fingerprint density at radius 1 is 1.08 bits per heavy atom. The van der Waals surface area contributed by atoms with Gasteiger partial charge in [0.15, 0.2) is 5.78 Å². The largest absolute Gasteiger partial charge is 0.290 e.